The van der Waals surface area contributed by atoms with E-state index < -0.39 is 21.8 Å². The zero-order valence-electron chi connectivity index (χ0n) is 21.4. The number of amides is 1. The normalized spacial score (nSPS) is 21.3. The van der Waals surface area contributed by atoms with Gasteiger partial charge in [-0.05, 0) is 66.1 Å². The lowest BCUT2D eigenvalue weighted by Crippen LogP contribution is -2.44. The molecule has 2 aliphatic rings. The smallest absolute Gasteiger partial charge is 0.251 e. The molecule has 0 bridgehead atoms. The lowest BCUT2D eigenvalue weighted by Gasteiger charge is -2.42. The van der Waals surface area contributed by atoms with E-state index in [9.17, 15) is 27.1 Å². The third-order valence-electron chi connectivity index (χ3n) is 7.88. The number of benzene rings is 2. The number of nitrogens with one attached hydrogen (secondary N) is 1. The second kappa shape index (κ2) is 11.2. The molecule has 4 rings (SSSR count). The second-order valence-corrected chi connectivity index (χ2v) is 12.5. The number of carbonyl (C=O) groups is 1. The zero-order valence-corrected chi connectivity index (χ0v) is 22.2. The van der Waals surface area contributed by atoms with Crippen molar-refractivity contribution in [3.63, 3.8) is 0 Å². The zero-order chi connectivity index (χ0) is 26.8. The Bertz CT molecular complexity index is 1210. The first-order chi connectivity index (χ1) is 17.6. The Morgan fingerprint density at radius 2 is 1.81 bits per heavy atom. The van der Waals surface area contributed by atoms with Crippen molar-refractivity contribution in [1.29, 1.82) is 0 Å². The average molecular weight is 535 g/mol. The van der Waals surface area contributed by atoms with Crippen LogP contribution in [0.25, 0.3) is 0 Å². The quantitative estimate of drug-likeness (QED) is 0.507. The van der Waals surface area contributed by atoms with E-state index in [4.69, 9.17) is 0 Å². The van der Waals surface area contributed by atoms with Gasteiger partial charge >= 0.3 is 0 Å². The molecule has 1 amide bonds. The molecular weight excluding hydrogens is 498 g/mol. The van der Waals surface area contributed by atoms with Gasteiger partial charge in [0.1, 0.15) is 0 Å². The molecule has 0 aromatic heterocycles. The summed E-state index contributed by atoms with van der Waals surface area (Å²) in [5.41, 5.74) is 3.31. The molecule has 1 aliphatic heterocycles. The Balaban J connectivity index is 1.49. The predicted molar refractivity (Wildman–Crippen MR) is 139 cm³/mol. The van der Waals surface area contributed by atoms with Crippen molar-refractivity contribution in [3.8, 4) is 0 Å². The minimum absolute atomic E-state index is 0.00557. The van der Waals surface area contributed by atoms with Crippen LogP contribution < -0.4 is 5.32 Å². The van der Waals surface area contributed by atoms with Crippen molar-refractivity contribution in [2.45, 2.75) is 81.3 Å². The lowest BCUT2D eigenvalue weighted by molar-refractivity contribution is -0.0561. The highest BCUT2D eigenvalue weighted by Crippen LogP contribution is 2.39. The van der Waals surface area contributed by atoms with E-state index in [1.165, 1.54) is 17.7 Å². The Kier molecular flexibility index (Phi) is 8.35. The van der Waals surface area contributed by atoms with Gasteiger partial charge in [-0.1, -0.05) is 32.0 Å². The molecule has 9 heteroatoms. The van der Waals surface area contributed by atoms with E-state index in [0.29, 0.717) is 30.5 Å². The van der Waals surface area contributed by atoms with Gasteiger partial charge in [0.25, 0.3) is 5.91 Å². The molecule has 0 unspecified atom stereocenters. The van der Waals surface area contributed by atoms with Gasteiger partial charge in [-0.2, -0.15) is 0 Å². The monoisotopic (exact) mass is 534 g/mol. The van der Waals surface area contributed by atoms with Gasteiger partial charge in [-0.25, -0.2) is 17.2 Å². The topological polar surface area (TPSA) is 86.7 Å². The highest BCUT2D eigenvalue weighted by atomic mass is 32.2. The molecule has 202 valence electrons. The average Bonchev–Trinajstić information content (AvgIpc) is 2.90. The van der Waals surface area contributed by atoms with Crippen LogP contribution >= 0.6 is 0 Å². The second-order valence-electron chi connectivity index (χ2n) is 10.2. The van der Waals surface area contributed by atoms with Crippen molar-refractivity contribution in [1.82, 2.24) is 10.2 Å². The van der Waals surface area contributed by atoms with E-state index >= 15 is 0 Å². The highest BCUT2D eigenvalue weighted by Gasteiger charge is 2.38. The number of halogens is 2. The molecule has 37 heavy (non-hydrogen) atoms. The number of sulfone groups is 1. The van der Waals surface area contributed by atoms with E-state index in [2.05, 4.69) is 17.1 Å². The van der Waals surface area contributed by atoms with E-state index in [0.717, 1.165) is 18.5 Å². The Morgan fingerprint density at radius 1 is 1.14 bits per heavy atom. The number of nitrogens with zero attached hydrogens (tertiary/aromatic N) is 1. The molecule has 0 radical (unpaired) electrons. The summed E-state index contributed by atoms with van der Waals surface area (Å²) >= 11 is 0. The molecule has 2 atom stereocenters. The summed E-state index contributed by atoms with van der Waals surface area (Å²) in [6.45, 7) is 4.82. The maximum Gasteiger partial charge on any atom is 0.251 e. The van der Waals surface area contributed by atoms with Gasteiger partial charge in [0.2, 0.25) is 5.92 Å². The third-order valence-corrected chi connectivity index (χ3v) is 9.63. The van der Waals surface area contributed by atoms with Crippen LogP contribution in [0.2, 0.25) is 0 Å². The van der Waals surface area contributed by atoms with E-state index in [1.807, 2.05) is 12.1 Å². The van der Waals surface area contributed by atoms with Crippen molar-refractivity contribution in [2.24, 2.45) is 0 Å². The van der Waals surface area contributed by atoms with Crippen LogP contribution in [0.5, 0.6) is 0 Å². The van der Waals surface area contributed by atoms with E-state index in [1.54, 1.807) is 25.1 Å². The van der Waals surface area contributed by atoms with Crippen LogP contribution in [0.15, 0.2) is 47.4 Å². The molecule has 2 aromatic carbocycles. The number of alkyl halides is 2. The molecule has 1 fully saturated rings. The minimum atomic E-state index is -3.34. The molecule has 1 aliphatic carbocycles. The van der Waals surface area contributed by atoms with Crippen molar-refractivity contribution >= 4 is 15.7 Å². The molecule has 0 spiro atoms. The lowest BCUT2D eigenvalue weighted by atomic mass is 9.83. The van der Waals surface area contributed by atoms with Crippen LogP contribution in [0.3, 0.4) is 0 Å². The molecular formula is C28H36F2N2O4S. The predicted octanol–water partition coefficient (Wildman–Crippen LogP) is 4.83. The van der Waals surface area contributed by atoms with Crippen LogP contribution in [-0.2, 0) is 16.4 Å². The fourth-order valence-corrected chi connectivity index (χ4v) is 6.40. The summed E-state index contributed by atoms with van der Waals surface area (Å²) in [7, 11) is -3.34. The number of aliphatic hydroxyl groups is 1. The van der Waals surface area contributed by atoms with Crippen molar-refractivity contribution in [3.05, 3.63) is 64.7 Å². The first-order valence-electron chi connectivity index (χ1n) is 13.1. The largest absolute Gasteiger partial charge is 0.394 e. The standard InChI is InChI=1S/C28H36F2N2O4S/c1-3-19-16-32(23-11-13-28(29,30)14-12-23)17-22-15-21(7-10-25(19)22)27(34)31-26(18-33)20-5-8-24(9-6-20)37(35,36)4-2/h5-10,15,19,23,26,33H,3-4,11-14,16-18H2,1-2H3,(H,31,34)/t19-,26-/m0/s1. The number of hydrogen-bond donors (Lipinski definition) is 2. The number of aliphatic hydroxyl groups excluding tert-OH is 1. The Labute approximate surface area is 218 Å². The summed E-state index contributed by atoms with van der Waals surface area (Å²) in [6, 6.07) is 11.3. The molecule has 0 saturated heterocycles. The van der Waals surface area contributed by atoms with Gasteiger partial charge in [0, 0.05) is 37.5 Å². The number of rotatable bonds is 8. The summed E-state index contributed by atoms with van der Waals surface area (Å²) in [6.07, 6.45) is 1.74. The first-order valence-corrected chi connectivity index (χ1v) is 14.7. The number of hydrogen-bond acceptors (Lipinski definition) is 5. The highest BCUT2D eigenvalue weighted by molar-refractivity contribution is 7.91. The Morgan fingerprint density at radius 3 is 2.41 bits per heavy atom. The molecule has 1 saturated carbocycles. The van der Waals surface area contributed by atoms with Crippen molar-refractivity contribution in [2.75, 3.05) is 18.9 Å². The molecule has 6 nitrogen and oxygen atoms in total. The fraction of sp³-hybridized carbons (Fsp3) is 0.536. The summed E-state index contributed by atoms with van der Waals surface area (Å²) in [5.74, 6) is -2.62. The van der Waals surface area contributed by atoms with Gasteiger partial charge < -0.3 is 10.4 Å². The molecule has 2 aromatic rings. The number of carbonyl (C=O) groups excluding carboxylic acids is 1. The van der Waals surface area contributed by atoms with Gasteiger partial charge in [-0.15, -0.1) is 0 Å². The minimum Gasteiger partial charge on any atom is -0.394 e. The summed E-state index contributed by atoms with van der Waals surface area (Å²) in [4.78, 5) is 15.6. The maximum atomic E-state index is 13.7. The SMILES string of the molecule is CC[C@H]1CN(C2CCC(F)(F)CC2)Cc2cc(C(=O)N[C@@H](CO)c3ccc(S(=O)(=O)CC)cc3)ccc21. The van der Waals surface area contributed by atoms with Crippen LogP contribution in [0, 0.1) is 0 Å². The first kappa shape index (κ1) is 27.7. The molecule has 1 heterocycles. The third kappa shape index (κ3) is 6.21. The Hall–Kier alpha value is -2.36. The maximum absolute atomic E-state index is 13.7. The van der Waals surface area contributed by atoms with Crippen LogP contribution in [0.4, 0.5) is 8.78 Å². The van der Waals surface area contributed by atoms with Crippen LogP contribution in [0.1, 0.15) is 85.0 Å². The van der Waals surface area contributed by atoms with Gasteiger partial charge in [0.15, 0.2) is 9.84 Å². The summed E-state index contributed by atoms with van der Waals surface area (Å²) < 4.78 is 51.6. The van der Waals surface area contributed by atoms with Gasteiger partial charge in [0.05, 0.1) is 23.3 Å². The molecule has 2 N–H and O–H groups in total. The van der Waals surface area contributed by atoms with Crippen molar-refractivity contribution < 1.29 is 27.1 Å². The van der Waals surface area contributed by atoms with Gasteiger partial charge in [-0.3, -0.25) is 9.69 Å². The van der Waals surface area contributed by atoms with E-state index in [-0.39, 0.29) is 48.0 Å². The van der Waals surface area contributed by atoms with Crippen LogP contribution in [-0.4, -0.2) is 55.2 Å². The fourth-order valence-electron chi connectivity index (χ4n) is 5.51. The number of fused-ring (bicyclic) bond motifs is 1. The summed E-state index contributed by atoms with van der Waals surface area (Å²) in [5, 5.41) is 12.8.